The molecule has 1 aliphatic rings. The van der Waals surface area contributed by atoms with E-state index < -0.39 is 10.0 Å². The molecule has 2 amide bonds. The summed E-state index contributed by atoms with van der Waals surface area (Å²) in [5.41, 5.74) is 0. The van der Waals surface area contributed by atoms with Gasteiger partial charge in [-0.05, 0) is 30.7 Å². The quantitative estimate of drug-likeness (QED) is 0.856. The van der Waals surface area contributed by atoms with Crippen LogP contribution in [0.2, 0.25) is 0 Å². The van der Waals surface area contributed by atoms with Crippen LogP contribution in [0, 0.1) is 0 Å². The van der Waals surface area contributed by atoms with Crippen molar-refractivity contribution in [3.05, 3.63) is 22.4 Å². The minimum atomic E-state index is -3.12. The minimum Gasteiger partial charge on any atom is -0.335 e. The van der Waals surface area contributed by atoms with Crippen LogP contribution in [0.25, 0.3) is 0 Å². The SMILES string of the molecule is CCC(NC(=O)NC1CCN(S(C)(=O)=O)CC1)c1cccs1. The predicted octanol–water partition coefficient (Wildman–Crippen LogP) is 1.92. The number of nitrogens with one attached hydrogen (secondary N) is 2. The molecule has 0 saturated carbocycles. The van der Waals surface area contributed by atoms with E-state index in [1.54, 1.807) is 11.3 Å². The first-order valence-electron chi connectivity index (χ1n) is 7.45. The van der Waals surface area contributed by atoms with Crippen molar-refractivity contribution in [3.63, 3.8) is 0 Å². The standard InChI is InChI=1S/C14H23N3O3S2/c1-3-12(13-5-4-10-21-13)16-14(18)15-11-6-8-17(9-7-11)22(2,19)20/h4-5,10-12H,3,6-9H2,1-2H3,(H2,15,16,18). The molecule has 22 heavy (non-hydrogen) atoms. The topological polar surface area (TPSA) is 78.5 Å². The molecule has 1 atom stereocenters. The number of nitrogens with zero attached hydrogens (tertiary/aromatic N) is 1. The van der Waals surface area contributed by atoms with Gasteiger partial charge in [0.25, 0.3) is 0 Å². The van der Waals surface area contributed by atoms with Gasteiger partial charge in [-0.25, -0.2) is 17.5 Å². The molecule has 124 valence electrons. The zero-order valence-electron chi connectivity index (χ0n) is 12.9. The number of urea groups is 1. The number of hydrogen-bond donors (Lipinski definition) is 2. The van der Waals surface area contributed by atoms with E-state index in [2.05, 4.69) is 10.6 Å². The Hall–Kier alpha value is -1.12. The van der Waals surface area contributed by atoms with Crippen LogP contribution in [0.4, 0.5) is 4.79 Å². The molecule has 8 heteroatoms. The molecule has 6 nitrogen and oxygen atoms in total. The van der Waals surface area contributed by atoms with Crippen molar-refractivity contribution in [3.8, 4) is 0 Å². The fourth-order valence-electron chi connectivity index (χ4n) is 2.58. The van der Waals surface area contributed by atoms with E-state index in [1.165, 1.54) is 10.6 Å². The molecular weight excluding hydrogens is 322 g/mol. The molecule has 0 aliphatic carbocycles. The molecule has 1 saturated heterocycles. The van der Waals surface area contributed by atoms with Crippen LogP contribution in [0.15, 0.2) is 17.5 Å². The van der Waals surface area contributed by atoms with Crippen molar-refractivity contribution in [1.82, 2.24) is 14.9 Å². The maximum Gasteiger partial charge on any atom is 0.315 e. The van der Waals surface area contributed by atoms with E-state index in [0.29, 0.717) is 25.9 Å². The first-order chi connectivity index (χ1) is 10.4. The summed E-state index contributed by atoms with van der Waals surface area (Å²) in [6.07, 6.45) is 3.35. The second-order valence-corrected chi connectivity index (χ2v) is 8.49. The number of carbonyl (C=O) groups excluding carboxylic acids is 1. The third-order valence-electron chi connectivity index (χ3n) is 3.86. The highest BCUT2D eigenvalue weighted by atomic mass is 32.2. The Labute approximate surface area is 135 Å². The van der Waals surface area contributed by atoms with Crippen LogP contribution in [-0.4, -0.2) is 44.1 Å². The number of hydrogen-bond acceptors (Lipinski definition) is 4. The fourth-order valence-corrected chi connectivity index (χ4v) is 4.32. The van der Waals surface area contributed by atoms with Crippen LogP contribution in [-0.2, 0) is 10.0 Å². The van der Waals surface area contributed by atoms with Gasteiger partial charge in [-0.15, -0.1) is 11.3 Å². The van der Waals surface area contributed by atoms with Crippen LogP contribution >= 0.6 is 11.3 Å². The average Bonchev–Trinajstić information content (AvgIpc) is 2.98. The van der Waals surface area contributed by atoms with Crippen LogP contribution in [0.3, 0.4) is 0 Å². The van der Waals surface area contributed by atoms with Gasteiger partial charge in [-0.2, -0.15) is 0 Å². The first kappa shape index (κ1) is 17.2. The molecule has 0 spiro atoms. The van der Waals surface area contributed by atoms with Crippen molar-refractivity contribution in [2.75, 3.05) is 19.3 Å². The van der Waals surface area contributed by atoms with Crippen molar-refractivity contribution in [2.45, 2.75) is 38.3 Å². The van der Waals surface area contributed by atoms with Crippen molar-refractivity contribution in [2.24, 2.45) is 0 Å². The molecule has 2 rings (SSSR count). The summed E-state index contributed by atoms with van der Waals surface area (Å²) in [6, 6.07) is 3.86. The van der Waals surface area contributed by atoms with Gasteiger partial charge in [0.2, 0.25) is 10.0 Å². The molecule has 1 aromatic heterocycles. The Morgan fingerprint density at radius 2 is 2.14 bits per heavy atom. The largest absolute Gasteiger partial charge is 0.335 e. The van der Waals surface area contributed by atoms with Crippen LogP contribution in [0.5, 0.6) is 0 Å². The second kappa shape index (κ2) is 7.43. The minimum absolute atomic E-state index is 0.0242. The lowest BCUT2D eigenvalue weighted by molar-refractivity contribution is 0.224. The number of piperidine rings is 1. The molecule has 0 radical (unpaired) electrons. The summed E-state index contributed by atoms with van der Waals surface area (Å²) < 4.78 is 24.4. The Morgan fingerprint density at radius 3 is 2.64 bits per heavy atom. The van der Waals surface area contributed by atoms with Crippen molar-refractivity contribution in [1.29, 1.82) is 0 Å². The first-order valence-corrected chi connectivity index (χ1v) is 10.2. The third-order valence-corrected chi connectivity index (χ3v) is 6.15. The van der Waals surface area contributed by atoms with Crippen molar-refractivity contribution >= 4 is 27.4 Å². The monoisotopic (exact) mass is 345 g/mol. The van der Waals surface area contributed by atoms with E-state index in [1.807, 2.05) is 24.4 Å². The Bertz CT molecular complexity index is 578. The lowest BCUT2D eigenvalue weighted by Gasteiger charge is -2.31. The molecule has 2 N–H and O–H groups in total. The van der Waals surface area contributed by atoms with Gasteiger partial charge in [-0.3, -0.25) is 0 Å². The molecular formula is C14H23N3O3S2. The summed E-state index contributed by atoms with van der Waals surface area (Å²) in [6.45, 7) is 2.97. The summed E-state index contributed by atoms with van der Waals surface area (Å²) in [5, 5.41) is 7.94. The summed E-state index contributed by atoms with van der Waals surface area (Å²) >= 11 is 1.63. The van der Waals surface area contributed by atoms with E-state index >= 15 is 0 Å². The Morgan fingerprint density at radius 1 is 1.45 bits per heavy atom. The van der Waals surface area contributed by atoms with E-state index in [9.17, 15) is 13.2 Å². The lowest BCUT2D eigenvalue weighted by atomic mass is 10.1. The highest BCUT2D eigenvalue weighted by molar-refractivity contribution is 7.88. The number of thiophene rings is 1. The predicted molar refractivity (Wildman–Crippen MR) is 88.5 cm³/mol. The van der Waals surface area contributed by atoms with E-state index in [0.717, 1.165) is 11.3 Å². The average molecular weight is 345 g/mol. The number of sulfonamides is 1. The number of rotatable bonds is 5. The highest BCUT2D eigenvalue weighted by Crippen LogP contribution is 2.21. The number of carbonyl (C=O) groups is 1. The van der Waals surface area contributed by atoms with E-state index in [-0.39, 0.29) is 18.1 Å². The molecule has 0 bridgehead atoms. The van der Waals surface area contributed by atoms with E-state index in [4.69, 9.17) is 0 Å². The number of amides is 2. The molecule has 2 heterocycles. The molecule has 1 aromatic rings. The van der Waals surface area contributed by atoms with Crippen LogP contribution < -0.4 is 10.6 Å². The van der Waals surface area contributed by atoms with Crippen molar-refractivity contribution < 1.29 is 13.2 Å². The smallest absolute Gasteiger partial charge is 0.315 e. The van der Waals surface area contributed by atoms with Gasteiger partial charge >= 0.3 is 6.03 Å². The molecule has 1 fully saturated rings. The summed E-state index contributed by atoms with van der Waals surface area (Å²) in [4.78, 5) is 13.2. The zero-order valence-corrected chi connectivity index (χ0v) is 14.5. The van der Waals surface area contributed by atoms with Gasteiger partial charge < -0.3 is 10.6 Å². The Kier molecular flexibility index (Phi) is 5.82. The van der Waals surface area contributed by atoms with Crippen LogP contribution in [0.1, 0.15) is 37.1 Å². The molecule has 1 unspecified atom stereocenters. The van der Waals surface area contributed by atoms with Gasteiger partial charge in [0.05, 0.1) is 12.3 Å². The maximum atomic E-state index is 12.1. The molecule has 0 aromatic carbocycles. The van der Waals surface area contributed by atoms with Gasteiger partial charge in [-0.1, -0.05) is 13.0 Å². The molecule has 1 aliphatic heterocycles. The van der Waals surface area contributed by atoms with Gasteiger partial charge in [0, 0.05) is 24.0 Å². The van der Waals surface area contributed by atoms with Gasteiger partial charge in [0.1, 0.15) is 0 Å². The Balaban J connectivity index is 1.81. The summed E-state index contributed by atoms with van der Waals surface area (Å²) in [7, 11) is -3.12. The highest BCUT2D eigenvalue weighted by Gasteiger charge is 2.26. The second-order valence-electron chi connectivity index (χ2n) is 5.53. The lowest BCUT2D eigenvalue weighted by Crippen LogP contribution is -2.49. The maximum absolute atomic E-state index is 12.1. The fraction of sp³-hybridized carbons (Fsp3) is 0.643. The summed E-state index contributed by atoms with van der Waals surface area (Å²) in [5.74, 6) is 0. The van der Waals surface area contributed by atoms with Gasteiger partial charge in [0.15, 0.2) is 0 Å². The zero-order chi connectivity index (χ0) is 16.2. The third kappa shape index (κ3) is 4.69. The normalized spacial score (nSPS) is 18.8.